The Morgan fingerprint density at radius 2 is 1.71 bits per heavy atom. The molecule has 14 heavy (non-hydrogen) atoms. The molecule has 5 nitrogen and oxygen atoms in total. The molecule has 0 amide bonds. The normalized spacial score (nSPS) is 8.14. The van der Waals surface area contributed by atoms with E-state index < -0.39 is 0 Å². The van der Waals surface area contributed by atoms with E-state index in [1.54, 1.807) is 13.8 Å². The number of aromatic nitrogens is 3. The number of carbonyl (C=O) groups excluding carboxylic acids is 1. The van der Waals surface area contributed by atoms with E-state index in [1.807, 2.05) is 0 Å². The third kappa shape index (κ3) is 6.90. The fraction of sp³-hybridized carbons (Fsp3) is 0.333. The standard InChI is InChI=1S/C6H10O2.C3H3N3/c1-4-8-6(7)5(2)3;1-4-2-6-3-5-1/h2,4H2,1,3H3;1-3H. The molecule has 0 saturated carbocycles. The number of nitrogens with zero attached hydrogens (tertiary/aromatic N) is 3. The minimum atomic E-state index is -0.312. The lowest BCUT2D eigenvalue weighted by Gasteiger charge is -1.96. The van der Waals surface area contributed by atoms with Crippen LogP contribution in [0.2, 0.25) is 0 Å². The maximum atomic E-state index is 10.4. The quantitative estimate of drug-likeness (QED) is 0.520. The average Bonchev–Trinajstić information content (AvgIpc) is 2.21. The second-order valence-corrected chi connectivity index (χ2v) is 2.29. The van der Waals surface area contributed by atoms with Crippen LogP contribution < -0.4 is 0 Å². The molecule has 0 aliphatic carbocycles. The molecule has 0 N–H and O–H groups in total. The Labute approximate surface area is 82.9 Å². The van der Waals surface area contributed by atoms with Crippen LogP contribution in [0.15, 0.2) is 31.1 Å². The Hall–Kier alpha value is -1.78. The molecule has 1 aromatic rings. The second-order valence-electron chi connectivity index (χ2n) is 2.29. The molecule has 0 aliphatic heterocycles. The maximum absolute atomic E-state index is 10.4. The molecule has 76 valence electrons. The zero-order valence-corrected chi connectivity index (χ0v) is 8.30. The monoisotopic (exact) mass is 195 g/mol. The van der Waals surface area contributed by atoms with Crippen molar-refractivity contribution in [1.29, 1.82) is 0 Å². The third-order valence-electron chi connectivity index (χ3n) is 1.02. The lowest BCUT2D eigenvalue weighted by molar-refractivity contribution is -0.138. The molecule has 0 aromatic carbocycles. The van der Waals surface area contributed by atoms with Gasteiger partial charge < -0.3 is 4.74 Å². The Bertz CT molecular complexity index is 248. The van der Waals surface area contributed by atoms with Crippen LogP contribution in [0, 0.1) is 0 Å². The fourth-order valence-electron chi connectivity index (χ4n) is 0.459. The summed E-state index contributed by atoms with van der Waals surface area (Å²) in [5.41, 5.74) is 0.451. The number of hydrogen-bond donors (Lipinski definition) is 0. The Morgan fingerprint density at radius 1 is 1.29 bits per heavy atom. The van der Waals surface area contributed by atoms with E-state index in [0.717, 1.165) is 0 Å². The van der Waals surface area contributed by atoms with Gasteiger partial charge >= 0.3 is 5.97 Å². The number of hydrogen-bond acceptors (Lipinski definition) is 5. The van der Waals surface area contributed by atoms with Crippen molar-refractivity contribution in [2.75, 3.05) is 6.61 Å². The van der Waals surface area contributed by atoms with Crippen LogP contribution in [0.25, 0.3) is 0 Å². The molecule has 1 aromatic heterocycles. The van der Waals surface area contributed by atoms with E-state index in [-0.39, 0.29) is 5.97 Å². The molecule has 0 spiro atoms. The van der Waals surface area contributed by atoms with Crippen LogP contribution in [0.4, 0.5) is 0 Å². The van der Waals surface area contributed by atoms with Crippen LogP contribution in [-0.2, 0) is 9.53 Å². The van der Waals surface area contributed by atoms with E-state index in [9.17, 15) is 4.79 Å². The zero-order valence-electron chi connectivity index (χ0n) is 8.30. The number of esters is 1. The first-order valence-corrected chi connectivity index (χ1v) is 4.06. The van der Waals surface area contributed by atoms with Crippen LogP contribution >= 0.6 is 0 Å². The number of carbonyl (C=O) groups is 1. The van der Waals surface area contributed by atoms with Gasteiger partial charge in [0.05, 0.1) is 6.61 Å². The van der Waals surface area contributed by atoms with Crippen LogP contribution in [0.5, 0.6) is 0 Å². The van der Waals surface area contributed by atoms with Crippen molar-refractivity contribution in [2.45, 2.75) is 13.8 Å². The van der Waals surface area contributed by atoms with E-state index in [4.69, 9.17) is 0 Å². The molecule has 0 bridgehead atoms. The molecule has 0 atom stereocenters. The average molecular weight is 195 g/mol. The minimum absolute atomic E-state index is 0.312. The van der Waals surface area contributed by atoms with Crippen molar-refractivity contribution in [3.8, 4) is 0 Å². The summed E-state index contributed by atoms with van der Waals surface area (Å²) in [6.45, 7) is 7.21. The Balaban J connectivity index is 0.000000249. The minimum Gasteiger partial charge on any atom is -0.463 e. The summed E-state index contributed by atoms with van der Waals surface area (Å²) >= 11 is 0. The van der Waals surface area contributed by atoms with E-state index >= 15 is 0 Å². The Morgan fingerprint density at radius 3 is 1.86 bits per heavy atom. The van der Waals surface area contributed by atoms with Gasteiger partial charge in [0.25, 0.3) is 0 Å². The van der Waals surface area contributed by atoms with Crippen molar-refractivity contribution >= 4 is 5.97 Å². The first-order chi connectivity index (χ1) is 6.68. The number of rotatable bonds is 2. The lowest BCUT2D eigenvalue weighted by atomic mass is 10.4. The molecular weight excluding hydrogens is 182 g/mol. The molecular formula is C9H13N3O2. The summed E-state index contributed by atoms with van der Waals surface area (Å²) in [4.78, 5) is 21.1. The van der Waals surface area contributed by atoms with Gasteiger partial charge in [0, 0.05) is 5.57 Å². The van der Waals surface area contributed by atoms with Crippen molar-refractivity contribution in [3.63, 3.8) is 0 Å². The summed E-state index contributed by atoms with van der Waals surface area (Å²) in [6, 6.07) is 0. The highest BCUT2D eigenvalue weighted by Crippen LogP contribution is 1.89. The van der Waals surface area contributed by atoms with Gasteiger partial charge in [-0.2, -0.15) is 0 Å². The van der Waals surface area contributed by atoms with Gasteiger partial charge in [-0.15, -0.1) is 0 Å². The van der Waals surface area contributed by atoms with Crippen LogP contribution in [0.1, 0.15) is 13.8 Å². The summed E-state index contributed by atoms with van der Waals surface area (Å²) in [5, 5.41) is 0. The molecule has 1 rings (SSSR count). The molecule has 0 aliphatic rings. The van der Waals surface area contributed by atoms with Crippen LogP contribution in [0.3, 0.4) is 0 Å². The highest BCUT2D eigenvalue weighted by atomic mass is 16.5. The van der Waals surface area contributed by atoms with E-state index in [0.29, 0.717) is 12.2 Å². The predicted molar refractivity (Wildman–Crippen MR) is 51.3 cm³/mol. The smallest absolute Gasteiger partial charge is 0.333 e. The molecule has 0 fully saturated rings. The van der Waals surface area contributed by atoms with Gasteiger partial charge in [0.15, 0.2) is 0 Å². The van der Waals surface area contributed by atoms with E-state index in [1.165, 1.54) is 19.0 Å². The summed E-state index contributed by atoms with van der Waals surface area (Å²) in [5.74, 6) is -0.312. The Kier molecular flexibility index (Phi) is 6.85. The molecule has 0 unspecified atom stereocenters. The highest BCUT2D eigenvalue weighted by molar-refractivity contribution is 5.86. The van der Waals surface area contributed by atoms with Crippen molar-refractivity contribution in [1.82, 2.24) is 15.0 Å². The van der Waals surface area contributed by atoms with Gasteiger partial charge in [-0.1, -0.05) is 6.58 Å². The van der Waals surface area contributed by atoms with Gasteiger partial charge in [0.1, 0.15) is 19.0 Å². The SMILES string of the molecule is C=C(C)C(=O)OCC.c1ncncn1. The lowest BCUT2D eigenvalue weighted by Crippen LogP contribution is -2.03. The van der Waals surface area contributed by atoms with Crippen molar-refractivity contribution in [2.24, 2.45) is 0 Å². The van der Waals surface area contributed by atoms with Crippen LogP contribution in [-0.4, -0.2) is 27.5 Å². The van der Waals surface area contributed by atoms with E-state index in [2.05, 4.69) is 26.3 Å². The number of ether oxygens (including phenoxy) is 1. The summed E-state index contributed by atoms with van der Waals surface area (Å²) in [7, 11) is 0. The molecule has 0 saturated heterocycles. The van der Waals surface area contributed by atoms with Gasteiger partial charge in [0.2, 0.25) is 0 Å². The van der Waals surface area contributed by atoms with Gasteiger partial charge in [-0.3, -0.25) is 0 Å². The summed E-state index contributed by atoms with van der Waals surface area (Å²) < 4.78 is 4.56. The van der Waals surface area contributed by atoms with Gasteiger partial charge in [-0.25, -0.2) is 19.7 Å². The fourth-order valence-corrected chi connectivity index (χ4v) is 0.459. The second kappa shape index (κ2) is 7.85. The van der Waals surface area contributed by atoms with Crippen molar-refractivity contribution in [3.05, 3.63) is 31.1 Å². The topological polar surface area (TPSA) is 65.0 Å². The summed E-state index contributed by atoms with van der Waals surface area (Å²) in [6.07, 6.45) is 4.31. The molecule has 1 heterocycles. The molecule has 0 radical (unpaired) electrons. The first kappa shape index (κ1) is 12.2. The molecule has 5 heteroatoms. The maximum Gasteiger partial charge on any atom is 0.333 e. The van der Waals surface area contributed by atoms with Crippen molar-refractivity contribution < 1.29 is 9.53 Å². The predicted octanol–water partition coefficient (Wildman–Crippen LogP) is 0.997. The highest BCUT2D eigenvalue weighted by Gasteiger charge is 1.98. The third-order valence-corrected chi connectivity index (χ3v) is 1.02. The largest absolute Gasteiger partial charge is 0.463 e. The zero-order chi connectivity index (χ0) is 10.8. The van der Waals surface area contributed by atoms with Gasteiger partial charge in [-0.05, 0) is 13.8 Å². The first-order valence-electron chi connectivity index (χ1n) is 4.06.